The van der Waals surface area contributed by atoms with Crippen LogP contribution in [0.1, 0.15) is 37.5 Å². The van der Waals surface area contributed by atoms with Gasteiger partial charge in [0.15, 0.2) is 0 Å². The predicted molar refractivity (Wildman–Crippen MR) is 224 cm³/mol. The molecule has 6 aromatic rings. The van der Waals surface area contributed by atoms with Crippen LogP contribution in [0.4, 0.5) is 0 Å². The number of rotatable bonds is 10. The molecule has 56 heavy (non-hydrogen) atoms. The quantitative estimate of drug-likeness (QED) is 0.104. The van der Waals surface area contributed by atoms with Crippen molar-refractivity contribution < 1.29 is 23.7 Å². The topological polar surface area (TPSA) is 46.2 Å². The average molecular weight is 848 g/mol. The van der Waals surface area contributed by atoms with Crippen molar-refractivity contribution >= 4 is 29.1 Å². The van der Waals surface area contributed by atoms with E-state index in [1.54, 1.807) is 0 Å². The second-order valence-corrected chi connectivity index (χ2v) is 26.0. The molecule has 282 valence electrons. The Kier molecular flexibility index (Phi) is 10.1. The molecule has 3 saturated heterocycles. The van der Waals surface area contributed by atoms with E-state index in [2.05, 4.69) is 175 Å². The molecule has 5 nitrogen and oxygen atoms in total. The third-order valence-electron chi connectivity index (χ3n) is 11.9. The molecule has 3 heterocycles. The van der Waals surface area contributed by atoms with Gasteiger partial charge in [0.1, 0.15) is 0 Å². The van der Waals surface area contributed by atoms with Crippen molar-refractivity contribution in [2.75, 3.05) is 13.2 Å². The molecule has 3 aliphatic heterocycles. The van der Waals surface area contributed by atoms with Gasteiger partial charge < -0.3 is 0 Å². The molecule has 0 unspecified atom stereocenters. The molecule has 0 radical (unpaired) electrons. The number of hydrogen-bond acceptors (Lipinski definition) is 5. The summed E-state index contributed by atoms with van der Waals surface area (Å²) in [5, 5.41) is 0. The zero-order valence-corrected chi connectivity index (χ0v) is 35.0. The van der Waals surface area contributed by atoms with Gasteiger partial charge in [-0.2, -0.15) is 0 Å². The fourth-order valence-electron chi connectivity index (χ4n) is 9.39. The molecular formula is C50H48O5Sn. The monoisotopic (exact) mass is 848 g/mol. The van der Waals surface area contributed by atoms with E-state index in [-0.39, 0.29) is 12.5 Å². The minimum atomic E-state index is -4.02. The van der Waals surface area contributed by atoms with Crippen molar-refractivity contribution in [3.8, 4) is 0 Å². The Bertz CT molecular complexity index is 2060. The van der Waals surface area contributed by atoms with Gasteiger partial charge in [-0.1, -0.05) is 0 Å². The maximum absolute atomic E-state index is 7.52. The SMILES string of the molecule is C[C@@H]1CO[C@]2(/C1=[CH]\[Sn]([c]1ccccc1)([c]1ccccc1)[c]1ccccc1)[C@@H](COC(c1ccccc1)(c1ccccc1)c1ccccc1)O[C@@H]1OC(C)(C)O[C@@H]12. The van der Waals surface area contributed by atoms with Gasteiger partial charge in [0, 0.05) is 0 Å². The van der Waals surface area contributed by atoms with Gasteiger partial charge in [-0.25, -0.2) is 0 Å². The van der Waals surface area contributed by atoms with Crippen LogP contribution in [0.15, 0.2) is 192 Å². The van der Waals surface area contributed by atoms with Crippen molar-refractivity contribution in [2.24, 2.45) is 5.92 Å². The molecule has 0 N–H and O–H groups in total. The van der Waals surface area contributed by atoms with Crippen molar-refractivity contribution in [3.63, 3.8) is 0 Å². The molecular weight excluding hydrogens is 799 g/mol. The van der Waals surface area contributed by atoms with Crippen molar-refractivity contribution in [1.82, 2.24) is 0 Å². The van der Waals surface area contributed by atoms with Gasteiger partial charge in [0.25, 0.3) is 0 Å². The van der Waals surface area contributed by atoms with Crippen molar-refractivity contribution in [1.29, 1.82) is 0 Å². The van der Waals surface area contributed by atoms with Crippen LogP contribution in [0.2, 0.25) is 0 Å². The molecule has 3 fully saturated rings. The summed E-state index contributed by atoms with van der Waals surface area (Å²) in [7, 11) is 0. The fourth-order valence-corrected chi connectivity index (χ4v) is 22.6. The Labute approximate surface area is 334 Å². The van der Waals surface area contributed by atoms with Gasteiger partial charge >= 0.3 is 337 Å². The average Bonchev–Trinajstić information content (AvgIpc) is 3.85. The van der Waals surface area contributed by atoms with E-state index in [0.717, 1.165) is 16.7 Å². The summed E-state index contributed by atoms with van der Waals surface area (Å²) in [5.41, 5.74) is 2.37. The van der Waals surface area contributed by atoms with Gasteiger partial charge in [-0.05, 0) is 0 Å². The summed E-state index contributed by atoms with van der Waals surface area (Å²) in [6, 6.07) is 64.8. The Hall–Kier alpha value is -4.34. The summed E-state index contributed by atoms with van der Waals surface area (Å²) in [6.07, 6.45) is -1.69. The summed E-state index contributed by atoms with van der Waals surface area (Å²) >= 11 is -4.02. The first-order chi connectivity index (χ1) is 27.4. The van der Waals surface area contributed by atoms with Crippen LogP contribution in [0, 0.1) is 5.92 Å². The molecule has 1 spiro atoms. The van der Waals surface area contributed by atoms with Crippen molar-refractivity contribution in [2.45, 2.75) is 56.3 Å². The van der Waals surface area contributed by atoms with Gasteiger partial charge in [-0.15, -0.1) is 0 Å². The molecule has 0 amide bonds. The van der Waals surface area contributed by atoms with Crippen LogP contribution in [0.5, 0.6) is 0 Å². The van der Waals surface area contributed by atoms with Gasteiger partial charge in [0.2, 0.25) is 0 Å². The van der Waals surface area contributed by atoms with Gasteiger partial charge in [0.05, 0.1) is 0 Å². The summed E-state index contributed by atoms with van der Waals surface area (Å²) < 4.78 is 42.0. The second kappa shape index (κ2) is 15.2. The van der Waals surface area contributed by atoms with E-state index in [1.165, 1.54) is 16.3 Å². The maximum atomic E-state index is 7.52. The van der Waals surface area contributed by atoms with E-state index >= 15 is 0 Å². The first-order valence-electron chi connectivity index (χ1n) is 19.7. The van der Waals surface area contributed by atoms with Crippen LogP contribution in [0.3, 0.4) is 0 Å². The molecule has 5 atom stereocenters. The van der Waals surface area contributed by atoms with Crippen LogP contribution < -0.4 is 10.7 Å². The molecule has 0 bridgehead atoms. The molecule has 9 rings (SSSR count). The molecule has 6 aromatic carbocycles. The summed E-state index contributed by atoms with van der Waals surface area (Å²) in [5.74, 6) is -0.767. The number of benzene rings is 6. The van der Waals surface area contributed by atoms with E-state index in [0.29, 0.717) is 6.61 Å². The van der Waals surface area contributed by atoms with E-state index in [9.17, 15) is 0 Å². The molecule has 0 aliphatic carbocycles. The van der Waals surface area contributed by atoms with Gasteiger partial charge in [-0.3, -0.25) is 0 Å². The van der Waals surface area contributed by atoms with Crippen LogP contribution in [0.25, 0.3) is 0 Å². The number of fused-ring (bicyclic) bond motifs is 2. The second-order valence-electron chi connectivity index (χ2n) is 15.7. The Morgan fingerprint density at radius 2 is 1.02 bits per heavy atom. The number of hydrogen-bond donors (Lipinski definition) is 0. The Morgan fingerprint density at radius 1 is 0.607 bits per heavy atom. The minimum absolute atomic E-state index is 0.0847. The third kappa shape index (κ3) is 6.30. The normalized spacial score (nSPS) is 25.1. The zero-order chi connectivity index (χ0) is 38.2. The van der Waals surface area contributed by atoms with E-state index in [1.807, 2.05) is 32.0 Å². The molecule has 0 saturated carbocycles. The van der Waals surface area contributed by atoms with Crippen LogP contribution >= 0.6 is 0 Å². The molecule has 6 heteroatoms. The van der Waals surface area contributed by atoms with Crippen LogP contribution in [-0.2, 0) is 29.3 Å². The standard InChI is InChI=1S/C32H33O5.3C6H5.Sn/c1-22-20-33-31(23(22)2)27(35-29-28(31)36-30(3,4)37-29)21-34-32(24-14-8-5-9-15-24,25-16-10-6-11-17-25)26-18-12-7-13-19-26;3*1-2-4-6-5-3-1;/h2,5-19,22,27-29H,20-21H2,1,3-4H3;3*1-5H;/t22-,27-,28+,29-,31-;;;;/m1..../s1. The molecule has 0 aromatic heterocycles. The number of ether oxygens (including phenoxy) is 5. The van der Waals surface area contributed by atoms with Crippen LogP contribution in [-0.4, -0.2) is 61.5 Å². The predicted octanol–water partition coefficient (Wildman–Crippen LogP) is 7.91. The first kappa shape index (κ1) is 37.2. The molecule has 3 aliphatic rings. The van der Waals surface area contributed by atoms with E-state index in [4.69, 9.17) is 23.7 Å². The Balaban J connectivity index is 1.25. The Morgan fingerprint density at radius 3 is 1.45 bits per heavy atom. The van der Waals surface area contributed by atoms with Crippen molar-refractivity contribution in [3.05, 3.63) is 208 Å². The summed E-state index contributed by atoms with van der Waals surface area (Å²) in [4.78, 5) is 0. The fraction of sp³-hybridized carbons (Fsp3) is 0.240. The zero-order valence-electron chi connectivity index (χ0n) is 32.2. The van der Waals surface area contributed by atoms with E-state index < -0.39 is 53.9 Å². The summed E-state index contributed by atoms with van der Waals surface area (Å²) in [6.45, 7) is 6.95. The third-order valence-corrected chi connectivity index (χ3v) is 24.6. The first-order valence-corrected chi connectivity index (χ1v) is 25.7.